The van der Waals surface area contributed by atoms with Gasteiger partial charge in [0.05, 0.1) is 11.4 Å². The van der Waals surface area contributed by atoms with E-state index in [-0.39, 0.29) is 11.6 Å². The fraction of sp³-hybridized carbons (Fsp3) is 0.444. The number of likely N-dealkylation sites (tertiary alicyclic amines) is 1. The van der Waals surface area contributed by atoms with Crippen molar-refractivity contribution in [1.82, 2.24) is 14.9 Å². The molecule has 1 aliphatic rings. The molecule has 4 nitrogen and oxygen atoms in total. The van der Waals surface area contributed by atoms with Crippen LogP contribution in [0.3, 0.4) is 0 Å². The Hall–Kier alpha value is -1.50. The summed E-state index contributed by atoms with van der Waals surface area (Å²) in [4.78, 5) is 25.0. The normalized spacial score (nSPS) is 20.5. The van der Waals surface area contributed by atoms with Crippen LogP contribution in [0.4, 0.5) is 0 Å². The molecule has 4 heterocycles. The number of rotatable bonds is 3. The van der Waals surface area contributed by atoms with Gasteiger partial charge < -0.3 is 4.98 Å². The van der Waals surface area contributed by atoms with Crippen LogP contribution in [0, 0.1) is 5.92 Å². The highest BCUT2D eigenvalue weighted by atomic mass is 32.1. The molecule has 0 radical (unpaired) electrons. The summed E-state index contributed by atoms with van der Waals surface area (Å²) in [5.41, 5.74) is 0.987. The number of H-pyrrole nitrogens is 1. The van der Waals surface area contributed by atoms with Crippen LogP contribution < -0.4 is 5.56 Å². The van der Waals surface area contributed by atoms with Crippen molar-refractivity contribution in [2.75, 3.05) is 13.1 Å². The molecule has 1 N–H and O–H groups in total. The van der Waals surface area contributed by atoms with Gasteiger partial charge in [-0.25, -0.2) is 4.98 Å². The van der Waals surface area contributed by atoms with Crippen molar-refractivity contribution in [3.63, 3.8) is 0 Å². The molecule has 3 aromatic heterocycles. The fourth-order valence-corrected chi connectivity index (χ4v) is 5.30. The van der Waals surface area contributed by atoms with Gasteiger partial charge in [-0.1, -0.05) is 13.0 Å². The second-order valence-corrected chi connectivity index (χ2v) is 8.48. The first kappa shape index (κ1) is 16.0. The molecule has 0 amide bonds. The molecule has 0 aliphatic carbocycles. The van der Waals surface area contributed by atoms with E-state index in [1.54, 1.807) is 22.7 Å². The SMILES string of the molecule is C[C@@H]1CCCN([C@@H](C)c2nc3scc(-c4cccs4)c3c(=O)[nH]2)C1. The zero-order valence-corrected chi connectivity index (χ0v) is 15.5. The van der Waals surface area contributed by atoms with Gasteiger partial charge in [-0.05, 0) is 43.7 Å². The van der Waals surface area contributed by atoms with Crippen molar-refractivity contribution >= 4 is 32.9 Å². The Kier molecular flexibility index (Phi) is 4.28. The Morgan fingerprint density at radius 3 is 3.04 bits per heavy atom. The van der Waals surface area contributed by atoms with Crippen molar-refractivity contribution in [1.29, 1.82) is 0 Å². The highest BCUT2D eigenvalue weighted by Gasteiger charge is 2.24. The minimum atomic E-state index is -0.0171. The highest BCUT2D eigenvalue weighted by molar-refractivity contribution is 7.18. The monoisotopic (exact) mass is 359 g/mol. The van der Waals surface area contributed by atoms with Gasteiger partial charge in [-0.2, -0.15) is 0 Å². The van der Waals surface area contributed by atoms with Crippen molar-refractivity contribution < 1.29 is 0 Å². The molecule has 1 saturated heterocycles. The standard InChI is InChI=1S/C18H21N3OS2/c1-11-5-3-7-21(9-11)12(2)16-19-17(22)15-13(10-24-18(15)20-16)14-6-4-8-23-14/h4,6,8,10-12H,3,5,7,9H2,1-2H3,(H,19,20,22)/t11-,12+/m1/s1. The zero-order valence-electron chi connectivity index (χ0n) is 13.9. The minimum absolute atomic E-state index is 0.0171. The summed E-state index contributed by atoms with van der Waals surface area (Å²) in [6, 6.07) is 4.22. The number of nitrogens with zero attached hydrogens (tertiary/aromatic N) is 2. The van der Waals surface area contributed by atoms with Crippen LogP contribution in [-0.2, 0) is 0 Å². The van der Waals surface area contributed by atoms with Gasteiger partial charge in [0.25, 0.3) is 5.56 Å². The Morgan fingerprint density at radius 1 is 1.42 bits per heavy atom. The molecule has 4 rings (SSSR count). The molecular weight excluding hydrogens is 338 g/mol. The van der Waals surface area contributed by atoms with Crippen LogP contribution in [0.15, 0.2) is 27.7 Å². The second kappa shape index (κ2) is 6.43. The minimum Gasteiger partial charge on any atom is -0.309 e. The maximum Gasteiger partial charge on any atom is 0.260 e. The molecule has 0 spiro atoms. The summed E-state index contributed by atoms with van der Waals surface area (Å²) in [6.45, 7) is 6.60. The van der Waals surface area contributed by atoms with Crippen LogP contribution in [0.2, 0.25) is 0 Å². The number of piperidine rings is 1. The Labute approximate surface area is 149 Å². The first-order valence-corrected chi connectivity index (χ1v) is 10.2. The van der Waals surface area contributed by atoms with Crippen molar-refractivity contribution in [2.45, 2.75) is 32.7 Å². The van der Waals surface area contributed by atoms with E-state index in [9.17, 15) is 4.79 Å². The number of thiophene rings is 2. The van der Waals surface area contributed by atoms with E-state index in [0.717, 1.165) is 39.6 Å². The average molecular weight is 360 g/mol. The van der Waals surface area contributed by atoms with E-state index in [2.05, 4.69) is 35.2 Å². The number of aromatic amines is 1. The van der Waals surface area contributed by atoms with Crippen LogP contribution in [-0.4, -0.2) is 28.0 Å². The van der Waals surface area contributed by atoms with Gasteiger partial charge in [0.1, 0.15) is 10.7 Å². The molecule has 1 fully saturated rings. The molecule has 0 aromatic carbocycles. The molecule has 24 heavy (non-hydrogen) atoms. The van der Waals surface area contributed by atoms with Gasteiger partial charge in [0.2, 0.25) is 0 Å². The molecule has 2 atom stereocenters. The largest absolute Gasteiger partial charge is 0.309 e. The maximum atomic E-state index is 12.7. The second-order valence-electron chi connectivity index (χ2n) is 6.68. The quantitative estimate of drug-likeness (QED) is 0.749. The summed E-state index contributed by atoms with van der Waals surface area (Å²) in [5.74, 6) is 1.50. The Bertz CT molecular complexity index is 897. The molecule has 1 aliphatic heterocycles. The molecule has 0 bridgehead atoms. The number of nitrogens with one attached hydrogen (secondary N) is 1. The van der Waals surface area contributed by atoms with Gasteiger partial charge >= 0.3 is 0 Å². The summed E-state index contributed by atoms with van der Waals surface area (Å²) in [5, 5.41) is 4.82. The summed E-state index contributed by atoms with van der Waals surface area (Å²) in [6.07, 6.45) is 2.51. The van der Waals surface area contributed by atoms with Crippen LogP contribution >= 0.6 is 22.7 Å². The lowest BCUT2D eigenvalue weighted by Crippen LogP contribution is -2.37. The smallest absolute Gasteiger partial charge is 0.260 e. The molecule has 6 heteroatoms. The number of hydrogen-bond donors (Lipinski definition) is 1. The van der Waals surface area contributed by atoms with Gasteiger partial charge in [0, 0.05) is 22.4 Å². The predicted molar refractivity (Wildman–Crippen MR) is 102 cm³/mol. The van der Waals surface area contributed by atoms with Crippen molar-refractivity contribution in [3.05, 3.63) is 39.1 Å². The lowest BCUT2D eigenvalue weighted by Gasteiger charge is -2.34. The van der Waals surface area contributed by atoms with Gasteiger partial charge in [-0.3, -0.25) is 9.69 Å². The summed E-state index contributed by atoms with van der Waals surface area (Å²) in [7, 11) is 0. The van der Waals surface area contributed by atoms with E-state index in [4.69, 9.17) is 4.98 Å². The van der Waals surface area contributed by atoms with Crippen LogP contribution in [0.25, 0.3) is 20.7 Å². The number of hydrogen-bond acceptors (Lipinski definition) is 5. The van der Waals surface area contributed by atoms with Gasteiger partial charge in [0.15, 0.2) is 0 Å². The lowest BCUT2D eigenvalue weighted by atomic mass is 9.99. The predicted octanol–water partition coefficient (Wildman–Crippen LogP) is 4.51. The number of aromatic nitrogens is 2. The number of fused-ring (bicyclic) bond motifs is 1. The zero-order chi connectivity index (χ0) is 16.7. The molecule has 0 saturated carbocycles. The summed E-state index contributed by atoms with van der Waals surface area (Å²) < 4.78 is 0. The average Bonchev–Trinajstić information content (AvgIpc) is 3.23. The lowest BCUT2D eigenvalue weighted by molar-refractivity contribution is 0.134. The molecule has 3 aromatic rings. The fourth-order valence-electron chi connectivity index (χ4n) is 3.53. The third kappa shape index (κ3) is 2.83. The van der Waals surface area contributed by atoms with E-state index >= 15 is 0 Å². The first-order valence-electron chi connectivity index (χ1n) is 8.43. The van der Waals surface area contributed by atoms with Gasteiger partial charge in [-0.15, -0.1) is 22.7 Å². The first-order chi connectivity index (χ1) is 11.6. The van der Waals surface area contributed by atoms with Crippen LogP contribution in [0.1, 0.15) is 38.6 Å². The van der Waals surface area contributed by atoms with E-state index in [1.807, 2.05) is 11.4 Å². The maximum absolute atomic E-state index is 12.7. The third-order valence-corrected chi connectivity index (χ3v) is 6.66. The van der Waals surface area contributed by atoms with E-state index in [1.165, 1.54) is 12.8 Å². The van der Waals surface area contributed by atoms with E-state index < -0.39 is 0 Å². The molecule has 126 valence electrons. The molecule has 0 unspecified atom stereocenters. The van der Waals surface area contributed by atoms with E-state index in [0.29, 0.717) is 5.92 Å². The topological polar surface area (TPSA) is 49.0 Å². The third-order valence-electron chi connectivity index (χ3n) is 4.88. The highest BCUT2D eigenvalue weighted by Crippen LogP contribution is 2.34. The molecular formula is C18H21N3OS2. The Balaban J connectivity index is 1.72. The summed E-state index contributed by atoms with van der Waals surface area (Å²) >= 11 is 3.22. The van der Waals surface area contributed by atoms with Crippen molar-refractivity contribution in [3.8, 4) is 10.4 Å². The van der Waals surface area contributed by atoms with Crippen molar-refractivity contribution in [2.24, 2.45) is 5.92 Å². The van der Waals surface area contributed by atoms with Crippen LogP contribution in [0.5, 0.6) is 0 Å². The Morgan fingerprint density at radius 2 is 2.29 bits per heavy atom.